The lowest BCUT2D eigenvalue weighted by Gasteiger charge is -2.15. The van der Waals surface area contributed by atoms with Crippen LogP contribution in [0.15, 0.2) is 36.4 Å². The lowest BCUT2D eigenvalue weighted by Crippen LogP contribution is -2.15. The minimum Gasteiger partial charge on any atom is -0.324 e. The first-order valence-corrected chi connectivity index (χ1v) is 6.74. The molecule has 0 aliphatic carbocycles. The van der Waals surface area contributed by atoms with Gasteiger partial charge in [0.1, 0.15) is 5.82 Å². The first-order chi connectivity index (χ1) is 10.7. The SMILES string of the molecule is N[C@@H](CCc1ccc(F)c(F)c1)c1ccc(F)c(C(F)(F)F)c1. The lowest BCUT2D eigenvalue weighted by molar-refractivity contribution is -0.140. The molecule has 0 fully saturated rings. The highest BCUT2D eigenvalue weighted by Gasteiger charge is 2.34. The number of hydrogen-bond acceptors (Lipinski definition) is 1. The van der Waals surface area contributed by atoms with Gasteiger partial charge in [-0.1, -0.05) is 12.1 Å². The van der Waals surface area contributed by atoms with Crippen LogP contribution in [-0.2, 0) is 12.6 Å². The summed E-state index contributed by atoms with van der Waals surface area (Å²) in [6, 6.07) is 5.13. The topological polar surface area (TPSA) is 26.0 Å². The minimum absolute atomic E-state index is 0.126. The third-order valence-corrected chi connectivity index (χ3v) is 3.45. The average molecular weight is 333 g/mol. The predicted molar refractivity (Wildman–Crippen MR) is 73.0 cm³/mol. The van der Waals surface area contributed by atoms with Gasteiger partial charge in [0.2, 0.25) is 0 Å². The van der Waals surface area contributed by atoms with E-state index < -0.39 is 35.2 Å². The number of benzene rings is 2. The molecule has 1 nitrogen and oxygen atoms in total. The Morgan fingerprint density at radius 1 is 0.870 bits per heavy atom. The van der Waals surface area contributed by atoms with Gasteiger partial charge in [-0.25, -0.2) is 13.2 Å². The van der Waals surface area contributed by atoms with Gasteiger partial charge in [-0.05, 0) is 48.2 Å². The second kappa shape index (κ2) is 6.62. The van der Waals surface area contributed by atoms with E-state index in [9.17, 15) is 26.3 Å². The zero-order valence-electron chi connectivity index (χ0n) is 11.8. The van der Waals surface area contributed by atoms with Gasteiger partial charge in [0.15, 0.2) is 11.6 Å². The van der Waals surface area contributed by atoms with Crippen molar-refractivity contribution in [2.24, 2.45) is 5.73 Å². The second-order valence-corrected chi connectivity index (χ2v) is 5.13. The molecule has 0 unspecified atom stereocenters. The van der Waals surface area contributed by atoms with E-state index in [1.54, 1.807) is 0 Å². The highest BCUT2D eigenvalue weighted by molar-refractivity contribution is 5.29. The van der Waals surface area contributed by atoms with E-state index in [0.717, 1.165) is 18.2 Å². The monoisotopic (exact) mass is 333 g/mol. The first-order valence-electron chi connectivity index (χ1n) is 6.74. The van der Waals surface area contributed by atoms with Gasteiger partial charge in [-0.15, -0.1) is 0 Å². The summed E-state index contributed by atoms with van der Waals surface area (Å²) in [7, 11) is 0. The summed E-state index contributed by atoms with van der Waals surface area (Å²) in [4.78, 5) is 0. The lowest BCUT2D eigenvalue weighted by atomic mass is 9.98. The first kappa shape index (κ1) is 17.3. The molecule has 1 atom stereocenters. The van der Waals surface area contributed by atoms with Crippen molar-refractivity contribution in [1.29, 1.82) is 0 Å². The summed E-state index contributed by atoms with van der Waals surface area (Å²) in [6.07, 6.45) is -4.36. The molecule has 0 heterocycles. The van der Waals surface area contributed by atoms with Crippen molar-refractivity contribution in [3.8, 4) is 0 Å². The molecule has 0 aliphatic rings. The van der Waals surface area contributed by atoms with Crippen LogP contribution >= 0.6 is 0 Å². The molecule has 7 heteroatoms. The summed E-state index contributed by atoms with van der Waals surface area (Å²) < 4.78 is 77.1. The highest BCUT2D eigenvalue weighted by atomic mass is 19.4. The van der Waals surface area contributed by atoms with Crippen LogP contribution in [0.3, 0.4) is 0 Å². The predicted octanol–water partition coefficient (Wildman–Crippen LogP) is 4.76. The van der Waals surface area contributed by atoms with Crippen molar-refractivity contribution in [1.82, 2.24) is 0 Å². The maximum Gasteiger partial charge on any atom is 0.419 e. The fourth-order valence-corrected chi connectivity index (χ4v) is 2.17. The summed E-state index contributed by atoms with van der Waals surface area (Å²) in [5.41, 5.74) is 5.03. The van der Waals surface area contributed by atoms with Crippen LogP contribution in [0.1, 0.15) is 29.2 Å². The molecule has 124 valence electrons. The van der Waals surface area contributed by atoms with Crippen LogP contribution in [0.5, 0.6) is 0 Å². The highest BCUT2D eigenvalue weighted by Crippen LogP contribution is 2.33. The van der Waals surface area contributed by atoms with Crippen molar-refractivity contribution in [3.05, 3.63) is 70.5 Å². The molecular weight excluding hydrogens is 320 g/mol. The molecule has 0 saturated heterocycles. The van der Waals surface area contributed by atoms with Gasteiger partial charge in [0.25, 0.3) is 0 Å². The number of aryl methyl sites for hydroxylation is 1. The molecule has 2 aromatic rings. The van der Waals surface area contributed by atoms with Crippen LogP contribution in [-0.4, -0.2) is 0 Å². The van der Waals surface area contributed by atoms with Crippen molar-refractivity contribution in [3.63, 3.8) is 0 Å². The van der Waals surface area contributed by atoms with Crippen LogP contribution in [0.2, 0.25) is 0 Å². The van der Waals surface area contributed by atoms with Crippen molar-refractivity contribution in [2.75, 3.05) is 0 Å². The normalized spacial score (nSPS) is 13.2. The summed E-state index contributed by atoms with van der Waals surface area (Å²) >= 11 is 0. The van der Waals surface area contributed by atoms with E-state index >= 15 is 0 Å². The van der Waals surface area contributed by atoms with Crippen molar-refractivity contribution < 1.29 is 26.3 Å². The quantitative estimate of drug-likeness (QED) is 0.803. The minimum atomic E-state index is -4.81. The molecule has 0 saturated carbocycles. The van der Waals surface area contributed by atoms with Gasteiger partial charge >= 0.3 is 6.18 Å². The summed E-state index contributed by atoms with van der Waals surface area (Å²) in [5.74, 6) is -3.35. The van der Waals surface area contributed by atoms with Gasteiger partial charge in [-0.3, -0.25) is 0 Å². The Labute approximate surface area is 128 Å². The fourth-order valence-electron chi connectivity index (χ4n) is 2.17. The molecule has 2 aromatic carbocycles. The maximum atomic E-state index is 13.2. The molecular formula is C16H13F6N. The second-order valence-electron chi connectivity index (χ2n) is 5.13. The molecule has 0 aromatic heterocycles. The molecule has 2 N–H and O–H groups in total. The Morgan fingerprint density at radius 3 is 2.13 bits per heavy atom. The molecule has 0 bridgehead atoms. The zero-order chi connectivity index (χ0) is 17.2. The van der Waals surface area contributed by atoms with Crippen molar-refractivity contribution >= 4 is 0 Å². The number of halogens is 6. The van der Waals surface area contributed by atoms with E-state index in [1.165, 1.54) is 12.1 Å². The Balaban J connectivity index is 2.11. The Hall–Kier alpha value is -2.02. The van der Waals surface area contributed by atoms with E-state index in [2.05, 4.69) is 0 Å². The van der Waals surface area contributed by atoms with E-state index in [4.69, 9.17) is 5.73 Å². The molecule has 2 rings (SSSR count). The molecule has 0 aliphatic heterocycles. The van der Waals surface area contributed by atoms with Gasteiger partial charge < -0.3 is 5.73 Å². The zero-order valence-corrected chi connectivity index (χ0v) is 11.8. The summed E-state index contributed by atoms with van der Waals surface area (Å²) in [5, 5.41) is 0. The Morgan fingerprint density at radius 2 is 1.52 bits per heavy atom. The molecule has 23 heavy (non-hydrogen) atoms. The van der Waals surface area contributed by atoms with Gasteiger partial charge in [0.05, 0.1) is 5.56 Å². The average Bonchev–Trinajstić information content (AvgIpc) is 2.47. The third kappa shape index (κ3) is 4.25. The number of rotatable bonds is 4. The molecule has 0 radical (unpaired) electrons. The van der Waals surface area contributed by atoms with E-state index in [-0.39, 0.29) is 18.4 Å². The molecule has 0 spiro atoms. The van der Waals surface area contributed by atoms with E-state index in [1.807, 2.05) is 0 Å². The number of alkyl halides is 3. The van der Waals surface area contributed by atoms with Gasteiger partial charge in [0, 0.05) is 6.04 Å². The van der Waals surface area contributed by atoms with Gasteiger partial charge in [-0.2, -0.15) is 13.2 Å². The standard InChI is InChI=1S/C16H13F6N/c17-12-5-3-10(8-11(12)16(20,21)22)15(23)6-2-9-1-4-13(18)14(19)7-9/h1,3-5,7-8,15H,2,6,23H2/t15-/m0/s1. The Kier molecular flexibility index (Phi) is 4.99. The largest absolute Gasteiger partial charge is 0.419 e. The van der Waals surface area contributed by atoms with Crippen LogP contribution in [0, 0.1) is 17.5 Å². The van der Waals surface area contributed by atoms with Crippen LogP contribution in [0.25, 0.3) is 0 Å². The molecule has 0 amide bonds. The van der Waals surface area contributed by atoms with Crippen LogP contribution in [0.4, 0.5) is 26.3 Å². The third-order valence-electron chi connectivity index (χ3n) is 3.45. The van der Waals surface area contributed by atoms with Crippen molar-refractivity contribution in [2.45, 2.75) is 25.1 Å². The number of nitrogens with two attached hydrogens (primary N) is 1. The summed E-state index contributed by atoms with van der Waals surface area (Å²) in [6.45, 7) is 0. The smallest absolute Gasteiger partial charge is 0.324 e. The number of hydrogen-bond donors (Lipinski definition) is 1. The van der Waals surface area contributed by atoms with E-state index in [0.29, 0.717) is 11.6 Å². The fraction of sp³-hybridized carbons (Fsp3) is 0.250. The Bertz CT molecular complexity index is 695. The van der Waals surface area contributed by atoms with Crippen LogP contribution < -0.4 is 5.73 Å². The maximum absolute atomic E-state index is 13.2.